The van der Waals surface area contributed by atoms with E-state index in [1.54, 1.807) is 16.8 Å². The van der Waals surface area contributed by atoms with Crippen molar-refractivity contribution in [2.75, 3.05) is 6.54 Å². The Labute approximate surface area is 153 Å². The monoisotopic (exact) mass is 343 g/mol. The molecule has 0 fully saturated rings. The zero-order valence-electron chi connectivity index (χ0n) is 15.0. The maximum absolute atomic E-state index is 12.8. The highest BCUT2D eigenvalue weighted by molar-refractivity contribution is 5.96. The van der Waals surface area contributed by atoms with Crippen LogP contribution in [0.4, 0.5) is 0 Å². The van der Waals surface area contributed by atoms with E-state index in [9.17, 15) is 10.1 Å². The van der Waals surface area contributed by atoms with Gasteiger partial charge < -0.3 is 9.88 Å². The maximum atomic E-state index is 12.8. The lowest BCUT2D eigenvalue weighted by Gasteiger charge is -2.13. The summed E-state index contributed by atoms with van der Waals surface area (Å²) in [4.78, 5) is 12.8. The number of hydrogen-bond donors (Lipinski definition) is 1. The molecule has 1 amide bonds. The molecule has 1 heterocycles. The van der Waals surface area contributed by atoms with E-state index in [4.69, 9.17) is 0 Å². The molecule has 0 saturated heterocycles. The van der Waals surface area contributed by atoms with Crippen molar-refractivity contribution >= 4 is 5.91 Å². The molecule has 1 N–H and O–H groups in total. The standard InChI is InChI=1S/C22H21N3O/c1-16-8-9-20(17(2)14-16)25-13-11-19(15-23)21(25)22(26)24-12-10-18-6-4-3-5-7-18/h3-9,11,13-14H,10,12H2,1-2H3,(H,24,26). The first-order valence-electron chi connectivity index (χ1n) is 8.61. The van der Waals surface area contributed by atoms with E-state index < -0.39 is 0 Å². The minimum Gasteiger partial charge on any atom is -0.350 e. The zero-order chi connectivity index (χ0) is 18.5. The second-order valence-corrected chi connectivity index (χ2v) is 6.34. The number of rotatable bonds is 5. The van der Waals surface area contributed by atoms with Gasteiger partial charge in [-0.05, 0) is 43.5 Å². The van der Waals surface area contributed by atoms with Gasteiger partial charge in [0.05, 0.1) is 5.56 Å². The Morgan fingerprint density at radius 1 is 1.12 bits per heavy atom. The van der Waals surface area contributed by atoms with Crippen molar-refractivity contribution in [3.63, 3.8) is 0 Å². The lowest BCUT2D eigenvalue weighted by Crippen LogP contribution is -2.28. The molecule has 4 heteroatoms. The van der Waals surface area contributed by atoms with E-state index in [0.29, 0.717) is 17.8 Å². The number of benzene rings is 2. The summed E-state index contributed by atoms with van der Waals surface area (Å²) in [5.41, 5.74) is 5.05. The van der Waals surface area contributed by atoms with Crippen LogP contribution in [-0.2, 0) is 6.42 Å². The van der Waals surface area contributed by atoms with Crippen LogP contribution in [0.1, 0.15) is 32.7 Å². The molecule has 0 unspecified atom stereocenters. The van der Waals surface area contributed by atoms with Crippen molar-refractivity contribution in [1.82, 2.24) is 9.88 Å². The third kappa shape index (κ3) is 3.68. The van der Waals surface area contributed by atoms with Crippen molar-refractivity contribution in [1.29, 1.82) is 5.26 Å². The number of amides is 1. The third-order valence-corrected chi connectivity index (χ3v) is 4.38. The quantitative estimate of drug-likeness (QED) is 0.763. The number of aromatic nitrogens is 1. The Balaban J connectivity index is 1.83. The molecule has 0 aliphatic carbocycles. The summed E-state index contributed by atoms with van der Waals surface area (Å²) in [6.45, 7) is 4.56. The summed E-state index contributed by atoms with van der Waals surface area (Å²) in [5, 5.41) is 12.3. The molecule has 4 nitrogen and oxygen atoms in total. The summed E-state index contributed by atoms with van der Waals surface area (Å²) in [6, 6.07) is 19.9. The van der Waals surface area contributed by atoms with Gasteiger partial charge in [0.15, 0.2) is 0 Å². The number of carbonyl (C=O) groups excluding carboxylic acids is 1. The molecule has 0 aliphatic heterocycles. The molecule has 130 valence electrons. The fourth-order valence-electron chi connectivity index (χ4n) is 3.08. The van der Waals surface area contributed by atoms with E-state index >= 15 is 0 Å². The topological polar surface area (TPSA) is 57.8 Å². The minimum absolute atomic E-state index is 0.234. The fourth-order valence-corrected chi connectivity index (χ4v) is 3.08. The molecule has 0 aliphatic rings. The highest BCUT2D eigenvalue weighted by Crippen LogP contribution is 2.21. The number of nitrogens with zero attached hydrogens (tertiary/aromatic N) is 2. The molecule has 3 rings (SSSR count). The van der Waals surface area contributed by atoms with E-state index in [1.807, 2.05) is 56.3 Å². The van der Waals surface area contributed by atoms with Crippen molar-refractivity contribution in [2.45, 2.75) is 20.3 Å². The van der Waals surface area contributed by atoms with Crippen LogP contribution < -0.4 is 5.32 Å². The smallest absolute Gasteiger partial charge is 0.269 e. The molecule has 1 aromatic heterocycles. The zero-order valence-corrected chi connectivity index (χ0v) is 15.0. The van der Waals surface area contributed by atoms with Crippen LogP contribution in [0.15, 0.2) is 60.8 Å². The average Bonchev–Trinajstić information content (AvgIpc) is 3.06. The van der Waals surface area contributed by atoms with Gasteiger partial charge in [-0.15, -0.1) is 0 Å². The highest BCUT2D eigenvalue weighted by atomic mass is 16.1. The lowest BCUT2D eigenvalue weighted by molar-refractivity contribution is 0.0947. The summed E-state index contributed by atoms with van der Waals surface area (Å²) in [5.74, 6) is -0.234. The summed E-state index contributed by atoms with van der Waals surface area (Å²) >= 11 is 0. The van der Waals surface area contributed by atoms with Crippen LogP contribution in [0.25, 0.3) is 5.69 Å². The Kier molecular flexibility index (Phi) is 5.19. The van der Waals surface area contributed by atoms with Gasteiger partial charge in [0, 0.05) is 18.4 Å². The molecule has 0 radical (unpaired) electrons. The van der Waals surface area contributed by atoms with Gasteiger partial charge in [0.1, 0.15) is 11.8 Å². The van der Waals surface area contributed by atoms with Gasteiger partial charge in [0.25, 0.3) is 5.91 Å². The fraction of sp³-hybridized carbons (Fsp3) is 0.182. The first kappa shape index (κ1) is 17.5. The minimum atomic E-state index is -0.234. The van der Waals surface area contributed by atoms with Crippen LogP contribution in [0, 0.1) is 25.2 Å². The summed E-state index contributed by atoms with van der Waals surface area (Å²) < 4.78 is 1.80. The van der Waals surface area contributed by atoms with Gasteiger partial charge >= 0.3 is 0 Å². The maximum Gasteiger partial charge on any atom is 0.269 e. The molecule has 0 saturated carbocycles. The SMILES string of the molecule is Cc1ccc(-n2ccc(C#N)c2C(=O)NCCc2ccccc2)c(C)c1. The van der Waals surface area contributed by atoms with E-state index in [1.165, 1.54) is 0 Å². The second kappa shape index (κ2) is 7.71. The van der Waals surface area contributed by atoms with Gasteiger partial charge in [0.2, 0.25) is 0 Å². The lowest BCUT2D eigenvalue weighted by atomic mass is 10.1. The molecule has 26 heavy (non-hydrogen) atoms. The van der Waals surface area contributed by atoms with Crippen molar-refractivity contribution in [3.8, 4) is 11.8 Å². The normalized spacial score (nSPS) is 10.3. The largest absolute Gasteiger partial charge is 0.350 e. The Morgan fingerprint density at radius 3 is 2.58 bits per heavy atom. The molecule has 0 bridgehead atoms. The molecular formula is C22H21N3O. The molecule has 0 spiro atoms. The van der Waals surface area contributed by atoms with E-state index in [2.05, 4.69) is 17.5 Å². The summed E-state index contributed by atoms with van der Waals surface area (Å²) in [6.07, 6.45) is 2.53. The third-order valence-electron chi connectivity index (χ3n) is 4.38. The second-order valence-electron chi connectivity index (χ2n) is 6.34. The number of nitriles is 1. The van der Waals surface area contributed by atoms with Crippen LogP contribution >= 0.6 is 0 Å². The van der Waals surface area contributed by atoms with Crippen molar-refractivity contribution in [3.05, 3.63) is 88.7 Å². The van der Waals surface area contributed by atoms with Gasteiger partial charge in [-0.25, -0.2) is 0 Å². The summed E-state index contributed by atoms with van der Waals surface area (Å²) in [7, 11) is 0. The van der Waals surface area contributed by atoms with Gasteiger partial charge in [-0.1, -0.05) is 48.0 Å². The van der Waals surface area contributed by atoms with Crippen LogP contribution in [0.5, 0.6) is 0 Å². The number of aryl methyl sites for hydroxylation is 2. The molecular weight excluding hydrogens is 322 g/mol. The van der Waals surface area contributed by atoms with Crippen LogP contribution in [0.2, 0.25) is 0 Å². The van der Waals surface area contributed by atoms with Crippen molar-refractivity contribution in [2.24, 2.45) is 0 Å². The number of hydrogen-bond acceptors (Lipinski definition) is 2. The Bertz CT molecular complexity index is 965. The Morgan fingerprint density at radius 2 is 1.88 bits per heavy atom. The number of nitrogens with one attached hydrogen (secondary N) is 1. The molecule has 2 aromatic carbocycles. The molecule has 0 atom stereocenters. The number of carbonyl (C=O) groups is 1. The predicted octanol–water partition coefficient (Wildman–Crippen LogP) is 3.94. The van der Waals surface area contributed by atoms with Crippen LogP contribution in [0.3, 0.4) is 0 Å². The highest BCUT2D eigenvalue weighted by Gasteiger charge is 2.18. The Hall–Kier alpha value is -3.32. The first-order chi connectivity index (χ1) is 12.6. The van der Waals surface area contributed by atoms with Crippen molar-refractivity contribution < 1.29 is 4.79 Å². The van der Waals surface area contributed by atoms with E-state index in [0.717, 1.165) is 28.8 Å². The first-order valence-corrected chi connectivity index (χ1v) is 8.61. The van der Waals surface area contributed by atoms with Gasteiger partial charge in [-0.3, -0.25) is 4.79 Å². The predicted molar refractivity (Wildman–Crippen MR) is 102 cm³/mol. The molecule has 3 aromatic rings. The van der Waals surface area contributed by atoms with Crippen LogP contribution in [-0.4, -0.2) is 17.0 Å². The average molecular weight is 343 g/mol. The van der Waals surface area contributed by atoms with Gasteiger partial charge in [-0.2, -0.15) is 5.26 Å². The van der Waals surface area contributed by atoms with E-state index in [-0.39, 0.29) is 5.91 Å².